The Morgan fingerprint density at radius 3 is 2.71 bits per heavy atom. The zero-order valence-electron chi connectivity index (χ0n) is 11.1. The number of halogens is 1. The molecule has 2 N–H and O–H groups in total. The third kappa shape index (κ3) is 3.19. The van der Waals surface area contributed by atoms with Gasteiger partial charge in [0.2, 0.25) is 5.76 Å². The number of carboxylic acids is 1. The maximum Gasteiger partial charge on any atom is 0.371 e. The van der Waals surface area contributed by atoms with Crippen LogP contribution in [0.15, 0.2) is 34.7 Å². The minimum Gasteiger partial charge on any atom is -0.496 e. The number of amides is 1. The van der Waals surface area contributed by atoms with Crippen LogP contribution >= 0.6 is 0 Å². The molecule has 7 heteroatoms. The van der Waals surface area contributed by atoms with Crippen LogP contribution in [0.5, 0.6) is 5.75 Å². The average Bonchev–Trinajstić information content (AvgIpc) is 2.93. The van der Waals surface area contributed by atoms with Crippen molar-refractivity contribution in [3.8, 4) is 5.75 Å². The number of furan rings is 1. The summed E-state index contributed by atoms with van der Waals surface area (Å²) in [5.41, 5.74) is -0.218. The van der Waals surface area contributed by atoms with Crippen molar-refractivity contribution in [3.05, 3.63) is 53.2 Å². The normalized spacial score (nSPS) is 10.2. The predicted molar refractivity (Wildman–Crippen MR) is 69.8 cm³/mol. The van der Waals surface area contributed by atoms with E-state index in [1.165, 1.54) is 31.4 Å². The van der Waals surface area contributed by atoms with Gasteiger partial charge in [-0.3, -0.25) is 4.79 Å². The average molecular weight is 293 g/mol. The van der Waals surface area contributed by atoms with E-state index in [4.69, 9.17) is 14.3 Å². The largest absolute Gasteiger partial charge is 0.496 e. The molecule has 2 rings (SSSR count). The molecule has 21 heavy (non-hydrogen) atoms. The molecule has 0 saturated heterocycles. The molecular formula is C14H12FNO5. The summed E-state index contributed by atoms with van der Waals surface area (Å²) < 4.78 is 23.6. The smallest absolute Gasteiger partial charge is 0.371 e. The van der Waals surface area contributed by atoms with Crippen molar-refractivity contribution in [3.63, 3.8) is 0 Å². The molecule has 1 aromatic heterocycles. The van der Waals surface area contributed by atoms with Crippen molar-refractivity contribution >= 4 is 11.9 Å². The highest BCUT2D eigenvalue weighted by Gasteiger charge is 2.18. The van der Waals surface area contributed by atoms with Crippen molar-refractivity contribution in [2.45, 2.75) is 6.54 Å². The Labute approximate surface area is 119 Å². The number of ether oxygens (including phenoxy) is 1. The molecule has 0 aliphatic heterocycles. The molecule has 1 aromatic carbocycles. The summed E-state index contributed by atoms with van der Waals surface area (Å²) in [5.74, 6) is -2.48. The van der Waals surface area contributed by atoms with Crippen molar-refractivity contribution in [1.29, 1.82) is 0 Å². The van der Waals surface area contributed by atoms with Gasteiger partial charge < -0.3 is 19.6 Å². The number of hydrogen-bond donors (Lipinski definition) is 2. The Morgan fingerprint density at radius 2 is 2.10 bits per heavy atom. The molecule has 0 fully saturated rings. The van der Waals surface area contributed by atoms with Crippen molar-refractivity contribution < 1.29 is 28.2 Å². The van der Waals surface area contributed by atoms with Gasteiger partial charge >= 0.3 is 5.97 Å². The standard InChI is InChI=1S/C14H12FNO5/c1-20-10-4-2-3-9(15)12(10)13(17)16-7-8-5-6-11(21-8)14(18)19/h2-6H,7H2,1H3,(H,16,17)(H,18,19). The number of carbonyl (C=O) groups excluding carboxylic acids is 1. The minimum absolute atomic E-state index is 0.0659. The summed E-state index contributed by atoms with van der Waals surface area (Å²) in [6.45, 7) is -0.0659. The van der Waals surface area contributed by atoms with Crippen LogP contribution in [0, 0.1) is 5.82 Å². The Morgan fingerprint density at radius 1 is 1.33 bits per heavy atom. The van der Waals surface area contributed by atoms with Gasteiger partial charge in [0.1, 0.15) is 22.9 Å². The van der Waals surface area contributed by atoms with Gasteiger partial charge in [0, 0.05) is 0 Å². The molecule has 0 saturated carbocycles. The second-order valence-electron chi connectivity index (χ2n) is 4.07. The molecule has 0 unspecified atom stereocenters. The van der Waals surface area contributed by atoms with E-state index in [9.17, 15) is 14.0 Å². The summed E-state index contributed by atoms with van der Waals surface area (Å²) in [5, 5.41) is 11.1. The number of methoxy groups -OCH3 is 1. The van der Waals surface area contributed by atoms with Crippen LogP contribution in [0.2, 0.25) is 0 Å². The molecule has 0 radical (unpaired) electrons. The van der Waals surface area contributed by atoms with Gasteiger partial charge in [-0.05, 0) is 24.3 Å². The molecule has 0 bridgehead atoms. The van der Waals surface area contributed by atoms with E-state index in [1.54, 1.807) is 0 Å². The van der Waals surface area contributed by atoms with Gasteiger partial charge in [-0.1, -0.05) is 6.07 Å². The molecular weight excluding hydrogens is 281 g/mol. The molecule has 6 nitrogen and oxygen atoms in total. The first-order valence-corrected chi connectivity index (χ1v) is 5.95. The van der Waals surface area contributed by atoms with Crippen LogP contribution in [0.25, 0.3) is 0 Å². The van der Waals surface area contributed by atoms with Crippen LogP contribution in [0.3, 0.4) is 0 Å². The fourth-order valence-electron chi connectivity index (χ4n) is 1.74. The summed E-state index contributed by atoms with van der Waals surface area (Å²) in [4.78, 5) is 22.6. The number of nitrogens with one attached hydrogen (secondary N) is 1. The highest BCUT2D eigenvalue weighted by molar-refractivity contribution is 5.97. The van der Waals surface area contributed by atoms with Crippen LogP contribution in [0.4, 0.5) is 4.39 Å². The third-order valence-electron chi connectivity index (χ3n) is 2.72. The second-order valence-corrected chi connectivity index (χ2v) is 4.07. The molecule has 0 aliphatic rings. The van der Waals surface area contributed by atoms with Gasteiger partial charge in [0.25, 0.3) is 5.91 Å². The third-order valence-corrected chi connectivity index (χ3v) is 2.72. The molecule has 110 valence electrons. The highest BCUT2D eigenvalue weighted by atomic mass is 19.1. The van der Waals surface area contributed by atoms with Gasteiger partial charge in [0.05, 0.1) is 13.7 Å². The second kappa shape index (κ2) is 6.08. The van der Waals surface area contributed by atoms with E-state index in [0.717, 1.165) is 6.07 Å². The molecule has 2 aromatic rings. The van der Waals surface area contributed by atoms with Crippen LogP contribution in [0.1, 0.15) is 26.7 Å². The van der Waals surface area contributed by atoms with Crippen LogP contribution in [-0.2, 0) is 6.54 Å². The van der Waals surface area contributed by atoms with Crippen molar-refractivity contribution in [1.82, 2.24) is 5.32 Å². The first-order chi connectivity index (χ1) is 10.0. The monoisotopic (exact) mass is 293 g/mol. The quantitative estimate of drug-likeness (QED) is 0.880. The SMILES string of the molecule is COc1cccc(F)c1C(=O)NCc1ccc(C(=O)O)o1. The predicted octanol–water partition coefficient (Wildman–Crippen LogP) is 2.06. The molecule has 0 aliphatic carbocycles. The summed E-state index contributed by atoms with van der Waals surface area (Å²) in [7, 11) is 1.33. The number of aromatic carboxylic acids is 1. The van der Waals surface area contributed by atoms with Gasteiger partial charge in [-0.2, -0.15) is 0 Å². The summed E-state index contributed by atoms with van der Waals surface area (Å²) in [6, 6.07) is 6.73. The molecule has 1 amide bonds. The number of benzene rings is 1. The van der Waals surface area contributed by atoms with Crippen LogP contribution in [-0.4, -0.2) is 24.1 Å². The van der Waals surface area contributed by atoms with Crippen molar-refractivity contribution in [2.75, 3.05) is 7.11 Å². The molecule has 0 atom stereocenters. The summed E-state index contributed by atoms with van der Waals surface area (Å²) in [6.07, 6.45) is 0. The van der Waals surface area contributed by atoms with E-state index >= 15 is 0 Å². The Kier molecular flexibility index (Phi) is 4.22. The van der Waals surface area contributed by atoms with Gasteiger partial charge in [-0.15, -0.1) is 0 Å². The number of hydrogen-bond acceptors (Lipinski definition) is 4. The zero-order chi connectivity index (χ0) is 15.4. The van der Waals surface area contributed by atoms with Gasteiger partial charge in [0.15, 0.2) is 0 Å². The maximum absolute atomic E-state index is 13.7. The lowest BCUT2D eigenvalue weighted by atomic mass is 10.1. The first kappa shape index (κ1) is 14.6. The van der Waals surface area contributed by atoms with E-state index in [-0.39, 0.29) is 29.4 Å². The zero-order valence-corrected chi connectivity index (χ0v) is 11.1. The molecule has 0 spiro atoms. The van der Waals surface area contributed by atoms with E-state index < -0.39 is 17.7 Å². The lowest BCUT2D eigenvalue weighted by molar-refractivity contribution is 0.0660. The lowest BCUT2D eigenvalue weighted by Gasteiger charge is -2.09. The number of carboxylic acid groups (broad SMARTS) is 1. The first-order valence-electron chi connectivity index (χ1n) is 5.95. The van der Waals surface area contributed by atoms with Crippen molar-refractivity contribution in [2.24, 2.45) is 0 Å². The minimum atomic E-state index is -1.21. The maximum atomic E-state index is 13.7. The fraction of sp³-hybridized carbons (Fsp3) is 0.143. The van der Waals surface area contributed by atoms with E-state index in [0.29, 0.717) is 0 Å². The Hall–Kier alpha value is -2.83. The number of rotatable bonds is 5. The fourth-order valence-corrected chi connectivity index (χ4v) is 1.74. The Balaban J connectivity index is 2.10. The van der Waals surface area contributed by atoms with Crippen LogP contribution < -0.4 is 10.1 Å². The van der Waals surface area contributed by atoms with E-state index in [2.05, 4.69) is 5.32 Å². The van der Waals surface area contributed by atoms with E-state index in [1.807, 2.05) is 0 Å². The Bertz CT molecular complexity index is 680. The lowest BCUT2D eigenvalue weighted by Crippen LogP contribution is -2.24. The van der Waals surface area contributed by atoms with Gasteiger partial charge in [-0.25, -0.2) is 9.18 Å². The highest BCUT2D eigenvalue weighted by Crippen LogP contribution is 2.21. The molecule has 1 heterocycles. The topological polar surface area (TPSA) is 88.8 Å². The number of carbonyl (C=O) groups is 2. The summed E-state index contributed by atoms with van der Waals surface area (Å²) >= 11 is 0.